The van der Waals surface area contributed by atoms with E-state index in [1.165, 1.54) is 0 Å². The van der Waals surface area contributed by atoms with E-state index in [9.17, 15) is 4.79 Å². The number of aromatic amines is 1. The van der Waals surface area contributed by atoms with E-state index in [-0.39, 0.29) is 5.91 Å². The summed E-state index contributed by atoms with van der Waals surface area (Å²) < 4.78 is 0. The maximum absolute atomic E-state index is 12.7. The third kappa shape index (κ3) is 4.15. The van der Waals surface area contributed by atoms with Crippen LogP contribution in [-0.2, 0) is 0 Å². The zero-order chi connectivity index (χ0) is 21.9. The summed E-state index contributed by atoms with van der Waals surface area (Å²) in [5, 5.41) is 6.44. The van der Waals surface area contributed by atoms with Gasteiger partial charge in [-0.15, -0.1) is 0 Å². The fourth-order valence-corrected chi connectivity index (χ4v) is 3.50. The minimum Gasteiger partial charge on any atom is -0.367 e. The Labute approximate surface area is 185 Å². The lowest BCUT2D eigenvalue weighted by Gasteiger charge is -2.24. The van der Waals surface area contributed by atoms with Gasteiger partial charge in [0.1, 0.15) is 18.0 Å². The molecule has 0 radical (unpaired) electrons. The van der Waals surface area contributed by atoms with Crippen LogP contribution in [0.15, 0.2) is 73.3 Å². The lowest BCUT2D eigenvalue weighted by Crippen LogP contribution is -2.17. The summed E-state index contributed by atoms with van der Waals surface area (Å²) in [5.41, 5.74) is 3.07. The van der Waals surface area contributed by atoms with Crippen molar-refractivity contribution in [3.8, 4) is 0 Å². The standard InChI is InChI=1S/C24H23N7O/c1-16-19(30-23(32)17-6-3-2-4-7-17)8-5-9-20(16)31(24-25-12-13-26-24)22-14-21(27-15-28-22)29-18-10-11-18/h2-9,12-15,18H,10-11H2,1H3,(H,25,26)(H,30,32)(H,27,28,29). The fourth-order valence-electron chi connectivity index (χ4n) is 3.50. The molecule has 1 fully saturated rings. The van der Waals surface area contributed by atoms with Crippen LogP contribution in [0, 0.1) is 6.92 Å². The van der Waals surface area contributed by atoms with Gasteiger partial charge in [0.25, 0.3) is 5.91 Å². The number of anilines is 5. The predicted molar refractivity (Wildman–Crippen MR) is 125 cm³/mol. The molecule has 3 N–H and O–H groups in total. The molecule has 0 saturated heterocycles. The number of rotatable bonds is 7. The SMILES string of the molecule is Cc1c(NC(=O)c2ccccc2)cccc1N(c1cc(NC2CC2)ncn1)c1ncc[nH]1. The second kappa shape index (κ2) is 8.50. The molecular weight excluding hydrogens is 402 g/mol. The van der Waals surface area contributed by atoms with Gasteiger partial charge in [-0.25, -0.2) is 15.0 Å². The largest absolute Gasteiger partial charge is 0.367 e. The van der Waals surface area contributed by atoms with Gasteiger partial charge in [-0.1, -0.05) is 24.3 Å². The number of hydrogen-bond acceptors (Lipinski definition) is 6. The van der Waals surface area contributed by atoms with Crippen LogP contribution >= 0.6 is 0 Å². The molecule has 4 aromatic rings. The van der Waals surface area contributed by atoms with Crippen LogP contribution in [0.25, 0.3) is 0 Å². The van der Waals surface area contributed by atoms with Gasteiger partial charge in [0, 0.05) is 35.8 Å². The van der Waals surface area contributed by atoms with Gasteiger partial charge >= 0.3 is 0 Å². The van der Waals surface area contributed by atoms with Crippen LogP contribution < -0.4 is 15.5 Å². The molecule has 1 aliphatic carbocycles. The number of nitrogens with one attached hydrogen (secondary N) is 3. The zero-order valence-corrected chi connectivity index (χ0v) is 17.6. The highest BCUT2D eigenvalue weighted by molar-refractivity contribution is 6.05. The Bertz CT molecular complexity index is 1220. The molecule has 2 aromatic heterocycles. The molecule has 32 heavy (non-hydrogen) atoms. The number of benzene rings is 2. The lowest BCUT2D eigenvalue weighted by molar-refractivity contribution is 0.102. The number of amides is 1. The first-order chi connectivity index (χ1) is 15.7. The molecule has 160 valence electrons. The maximum Gasteiger partial charge on any atom is 0.255 e. The molecule has 0 aliphatic heterocycles. The van der Waals surface area contributed by atoms with E-state index in [1.54, 1.807) is 30.9 Å². The van der Waals surface area contributed by atoms with Gasteiger partial charge in [-0.2, -0.15) is 0 Å². The van der Waals surface area contributed by atoms with Crippen LogP contribution in [0.3, 0.4) is 0 Å². The van der Waals surface area contributed by atoms with Crippen molar-refractivity contribution in [1.82, 2.24) is 19.9 Å². The van der Waals surface area contributed by atoms with Crippen LogP contribution in [0.2, 0.25) is 0 Å². The highest BCUT2D eigenvalue weighted by atomic mass is 16.1. The Morgan fingerprint density at radius 3 is 2.66 bits per heavy atom. The number of aromatic nitrogens is 4. The molecule has 1 amide bonds. The Morgan fingerprint density at radius 1 is 1.06 bits per heavy atom. The molecule has 1 saturated carbocycles. The van der Waals surface area contributed by atoms with Crippen LogP contribution in [0.4, 0.5) is 29.0 Å². The van der Waals surface area contributed by atoms with E-state index < -0.39 is 0 Å². The first kappa shape index (κ1) is 19.7. The molecule has 0 unspecified atom stereocenters. The number of H-pyrrole nitrogens is 1. The summed E-state index contributed by atoms with van der Waals surface area (Å²) >= 11 is 0. The van der Waals surface area contributed by atoms with Crippen LogP contribution in [-0.4, -0.2) is 31.9 Å². The minimum absolute atomic E-state index is 0.159. The Kier molecular flexibility index (Phi) is 5.25. The number of imidazole rings is 1. The van der Waals surface area contributed by atoms with Crippen LogP contribution in [0.1, 0.15) is 28.8 Å². The topological polar surface area (TPSA) is 98.8 Å². The Balaban J connectivity index is 1.51. The van der Waals surface area contributed by atoms with Gasteiger partial charge in [-0.3, -0.25) is 9.69 Å². The molecule has 8 heteroatoms. The molecule has 0 atom stereocenters. The van der Waals surface area contributed by atoms with E-state index in [0.29, 0.717) is 23.4 Å². The van der Waals surface area contributed by atoms with Gasteiger partial charge in [0.2, 0.25) is 5.95 Å². The summed E-state index contributed by atoms with van der Waals surface area (Å²) in [6.45, 7) is 1.97. The fraction of sp³-hybridized carbons (Fsp3) is 0.167. The van der Waals surface area contributed by atoms with Crippen molar-refractivity contribution >= 4 is 34.9 Å². The molecule has 2 aromatic carbocycles. The lowest BCUT2D eigenvalue weighted by atomic mass is 10.1. The molecule has 5 rings (SSSR count). The molecule has 0 bridgehead atoms. The zero-order valence-electron chi connectivity index (χ0n) is 17.6. The molecule has 1 aliphatic rings. The average Bonchev–Trinajstić information content (AvgIpc) is 3.47. The molecule has 0 spiro atoms. The van der Waals surface area contributed by atoms with Crippen molar-refractivity contribution in [3.05, 3.63) is 84.4 Å². The summed E-state index contributed by atoms with van der Waals surface area (Å²) in [7, 11) is 0. The highest BCUT2D eigenvalue weighted by Gasteiger charge is 2.23. The van der Waals surface area contributed by atoms with E-state index in [1.807, 2.05) is 54.3 Å². The minimum atomic E-state index is -0.159. The predicted octanol–water partition coefficient (Wildman–Crippen LogP) is 4.80. The Morgan fingerprint density at radius 2 is 1.91 bits per heavy atom. The summed E-state index contributed by atoms with van der Waals surface area (Å²) in [6.07, 6.45) is 7.33. The first-order valence-corrected chi connectivity index (χ1v) is 10.5. The quantitative estimate of drug-likeness (QED) is 0.393. The third-order valence-corrected chi connectivity index (χ3v) is 5.34. The first-order valence-electron chi connectivity index (χ1n) is 10.5. The number of carbonyl (C=O) groups excluding carboxylic acids is 1. The van der Waals surface area contributed by atoms with Crippen molar-refractivity contribution in [2.24, 2.45) is 0 Å². The van der Waals surface area contributed by atoms with Gasteiger partial charge in [-0.05, 0) is 49.6 Å². The number of carbonyl (C=O) groups is 1. The Hall–Kier alpha value is -4.20. The van der Waals surface area contributed by atoms with E-state index in [4.69, 9.17) is 0 Å². The average molecular weight is 425 g/mol. The third-order valence-electron chi connectivity index (χ3n) is 5.34. The second-order valence-electron chi connectivity index (χ2n) is 7.70. The number of nitrogens with zero attached hydrogens (tertiary/aromatic N) is 4. The normalized spacial score (nSPS) is 12.9. The maximum atomic E-state index is 12.7. The van der Waals surface area contributed by atoms with Crippen molar-refractivity contribution < 1.29 is 4.79 Å². The van der Waals surface area contributed by atoms with E-state index in [0.717, 1.165) is 35.6 Å². The second-order valence-corrected chi connectivity index (χ2v) is 7.70. The van der Waals surface area contributed by atoms with E-state index >= 15 is 0 Å². The van der Waals surface area contributed by atoms with Gasteiger partial charge < -0.3 is 15.6 Å². The monoisotopic (exact) mass is 425 g/mol. The van der Waals surface area contributed by atoms with Crippen molar-refractivity contribution in [1.29, 1.82) is 0 Å². The molecular formula is C24H23N7O. The molecule has 2 heterocycles. The number of hydrogen-bond donors (Lipinski definition) is 3. The van der Waals surface area contributed by atoms with Gasteiger partial charge in [0.05, 0.1) is 5.69 Å². The smallest absolute Gasteiger partial charge is 0.255 e. The molecule has 8 nitrogen and oxygen atoms in total. The summed E-state index contributed by atoms with van der Waals surface area (Å²) in [5.74, 6) is 1.91. The van der Waals surface area contributed by atoms with Crippen molar-refractivity contribution in [2.75, 3.05) is 15.5 Å². The highest BCUT2D eigenvalue weighted by Crippen LogP contribution is 2.37. The van der Waals surface area contributed by atoms with Crippen molar-refractivity contribution in [3.63, 3.8) is 0 Å². The summed E-state index contributed by atoms with van der Waals surface area (Å²) in [6, 6.07) is 17.3. The van der Waals surface area contributed by atoms with Gasteiger partial charge in [0.15, 0.2) is 0 Å². The summed E-state index contributed by atoms with van der Waals surface area (Å²) in [4.78, 5) is 31.1. The van der Waals surface area contributed by atoms with E-state index in [2.05, 4.69) is 30.6 Å². The van der Waals surface area contributed by atoms with Crippen LogP contribution in [0.5, 0.6) is 0 Å². The van der Waals surface area contributed by atoms with Crippen molar-refractivity contribution in [2.45, 2.75) is 25.8 Å².